The van der Waals surface area contributed by atoms with Crippen molar-refractivity contribution in [3.8, 4) is 5.75 Å². The number of ether oxygens (including phenoxy) is 1. The molecule has 2 amide bonds. The van der Waals surface area contributed by atoms with Gasteiger partial charge >= 0.3 is 0 Å². The van der Waals surface area contributed by atoms with Crippen molar-refractivity contribution in [2.45, 2.75) is 32.2 Å². The Hall–Kier alpha value is -2.04. The van der Waals surface area contributed by atoms with E-state index in [-0.39, 0.29) is 11.8 Å². The molecule has 5 heteroatoms. The topological polar surface area (TPSA) is 58.6 Å². The third-order valence-corrected chi connectivity index (χ3v) is 3.72. The first-order chi connectivity index (χ1) is 10.1. The van der Waals surface area contributed by atoms with Crippen molar-refractivity contribution in [3.63, 3.8) is 0 Å². The molecule has 21 heavy (non-hydrogen) atoms. The van der Waals surface area contributed by atoms with Crippen LogP contribution >= 0.6 is 0 Å². The van der Waals surface area contributed by atoms with E-state index in [1.165, 1.54) is 6.42 Å². The Labute approximate surface area is 125 Å². The first-order valence-electron chi connectivity index (χ1n) is 7.35. The van der Waals surface area contributed by atoms with E-state index >= 15 is 0 Å². The SMILES string of the molecule is COc1cccc(C(=O)NC(C)C(=O)N2CCCCC2)c1. The fourth-order valence-corrected chi connectivity index (χ4v) is 2.49. The lowest BCUT2D eigenvalue weighted by Gasteiger charge is -2.29. The van der Waals surface area contributed by atoms with Gasteiger partial charge in [0.15, 0.2) is 0 Å². The van der Waals surface area contributed by atoms with Crippen LogP contribution in [0, 0.1) is 0 Å². The summed E-state index contributed by atoms with van der Waals surface area (Å²) >= 11 is 0. The summed E-state index contributed by atoms with van der Waals surface area (Å²) in [6, 6.07) is 6.38. The average Bonchev–Trinajstić information content (AvgIpc) is 2.54. The van der Waals surface area contributed by atoms with Gasteiger partial charge in [-0.15, -0.1) is 0 Å². The van der Waals surface area contributed by atoms with Crippen LogP contribution in [-0.2, 0) is 4.79 Å². The van der Waals surface area contributed by atoms with Crippen LogP contribution in [0.15, 0.2) is 24.3 Å². The van der Waals surface area contributed by atoms with Crippen LogP contribution < -0.4 is 10.1 Å². The molecular formula is C16H22N2O3. The molecule has 1 aliphatic heterocycles. The lowest BCUT2D eigenvalue weighted by molar-refractivity contribution is -0.133. The number of amides is 2. The van der Waals surface area contributed by atoms with Crippen molar-refractivity contribution >= 4 is 11.8 Å². The molecule has 1 aromatic carbocycles. The van der Waals surface area contributed by atoms with Gasteiger partial charge in [0.2, 0.25) is 5.91 Å². The van der Waals surface area contributed by atoms with Crippen molar-refractivity contribution < 1.29 is 14.3 Å². The second-order valence-electron chi connectivity index (χ2n) is 5.31. The molecule has 1 saturated heterocycles. The molecule has 0 aliphatic carbocycles. The molecule has 0 bridgehead atoms. The van der Waals surface area contributed by atoms with Crippen molar-refractivity contribution in [1.29, 1.82) is 0 Å². The van der Waals surface area contributed by atoms with Gasteiger partial charge in [-0.2, -0.15) is 0 Å². The van der Waals surface area contributed by atoms with Gasteiger partial charge in [-0.3, -0.25) is 9.59 Å². The Morgan fingerprint density at radius 1 is 1.24 bits per heavy atom. The first-order valence-corrected chi connectivity index (χ1v) is 7.35. The second-order valence-corrected chi connectivity index (χ2v) is 5.31. The zero-order chi connectivity index (χ0) is 15.2. The summed E-state index contributed by atoms with van der Waals surface area (Å²) in [6.45, 7) is 3.31. The molecule has 1 fully saturated rings. The fourth-order valence-electron chi connectivity index (χ4n) is 2.49. The highest BCUT2D eigenvalue weighted by Crippen LogP contribution is 2.13. The third-order valence-electron chi connectivity index (χ3n) is 3.72. The van der Waals surface area contributed by atoms with Gasteiger partial charge in [-0.25, -0.2) is 0 Å². The Morgan fingerprint density at radius 3 is 2.62 bits per heavy atom. The number of piperidine rings is 1. The first kappa shape index (κ1) is 15.4. The maximum absolute atomic E-state index is 12.3. The quantitative estimate of drug-likeness (QED) is 0.920. The maximum Gasteiger partial charge on any atom is 0.252 e. The minimum atomic E-state index is -0.512. The summed E-state index contributed by atoms with van der Waals surface area (Å²) in [5.41, 5.74) is 0.493. The second kappa shape index (κ2) is 7.11. The van der Waals surface area contributed by atoms with E-state index in [0.29, 0.717) is 11.3 Å². The number of nitrogens with zero attached hydrogens (tertiary/aromatic N) is 1. The van der Waals surface area contributed by atoms with Gasteiger partial charge in [-0.1, -0.05) is 6.07 Å². The zero-order valence-electron chi connectivity index (χ0n) is 12.6. The number of likely N-dealkylation sites (tertiary alicyclic amines) is 1. The van der Waals surface area contributed by atoms with Gasteiger partial charge in [0.05, 0.1) is 7.11 Å². The molecule has 1 atom stereocenters. The van der Waals surface area contributed by atoms with Gasteiger partial charge in [-0.05, 0) is 44.4 Å². The van der Waals surface area contributed by atoms with Crippen molar-refractivity contribution in [2.75, 3.05) is 20.2 Å². The molecule has 5 nitrogen and oxygen atoms in total. The van der Waals surface area contributed by atoms with Crippen LogP contribution in [0.25, 0.3) is 0 Å². The van der Waals surface area contributed by atoms with Crippen LogP contribution in [-0.4, -0.2) is 43.0 Å². The molecule has 1 aliphatic rings. The van der Waals surface area contributed by atoms with Gasteiger partial charge in [0.25, 0.3) is 5.91 Å². The van der Waals surface area contributed by atoms with Crippen LogP contribution in [0.5, 0.6) is 5.75 Å². The molecule has 0 radical (unpaired) electrons. The van der Waals surface area contributed by atoms with Crippen molar-refractivity contribution in [2.24, 2.45) is 0 Å². The number of nitrogens with one attached hydrogen (secondary N) is 1. The maximum atomic E-state index is 12.3. The predicted octanol–water partition coefficient (Wildman–Crippen LogP) is 1.83. The highest BCUT2D eigenvalue weighted by Gasteiger charge is 2.23. The monoisotopic (exact) mass is 290 g/mol. The molecule has 1 aromatic rings. The summed E-state index contributed by atoms with van der Waals surface area (Å²) in [6.07, 6.45) is 3.26. The predicted molar refractivity (Wildman–Crippen MR) is 80.4 cm³/mol. The van der Waals surface area contributed by atoms with E-state index in [1.807, 2.05) is 4.90 Å². The molecule has 2 rings (SSSR count). The number of hydrogen-bond acceptors (Lipinski definition) is 3. The van der Waals surface area contributed by atoms with E-state index in [2.05, 4.69) is 5.32 Å². The fraction of sp³-hybridized carbons (Fsp3) is 0.500. The van der Waals surface area contributed by atoms with Crippen molar-refractivity contribution in [1.82, 2.24) is 10.2 Å². The molecule has 0 saturated carbocycles. The van der Waals surface area contributed by atoms with Crippen LogP contribution in [0.1, 0.15) is 36.5 Å². The Kier molecular flexibility index (Phi) is 5.20. The number of methoxy groups -OCH3 is 1. The summed E-state index contributed by atoms with van der Waals surface area (Å²) in [5, 5.41) is 2.76. The highest BCUT2D eigenvalue weighted by atomic mass is 16.5. The molecule has 1 heterocycles. The molecular weight excluding hydrogens is 268 g/mol. The minimum absolute atomic E-state index is 0.00838. The number of carbonyl (C=O) groups excluding carboxylic acids is 2. The summed E-state index contributed by atoms with van der Waals surface area (Å²) < 4.78 is 5.10. The summed E-state index contributed by atoms with van der Waals surface area (Å²) in [5.74, 6) is 0.357. The summed E-state index contributed by atoms with van der Waals surface area (Å²) in [4.78, 5) is 26.3. The molecule has 0 aromatic heterocycles. The lowest BCUT2D eigenvalue weighted by atomic mass is 10.1. The van der Waals surface area contributed by atoms with Crippen LogP contribution in [0.2, 0.25) is 0 Å². The number of hydrogen-bond donors (Lipinski definition) is 1. The molecule has 114 valence electrons. The van der Waals surface area contributed by atoms with E-state index in [4.69, 9.17) is 4.74 Å². The van der Waals surface area contributed by atoms with E-state index in [9.17, 15) is 9.59 Å². The van der Waals surface area contributed by atoms with Gasteiger partial charge in [0, 0.05) is 18.7 Å². The number of carbonyl (C=O) groups is 2. The molecule has 1 N–H and O–H groups in total. The van der Waals surface area contributed by atoms with Gasteiger partial charge in [0.1, 0.15) is 11.8 Å². The summed E-state index contributed by atoms with van der Waals surface area (Å²) in [7, 11) is 1.56. The lowest BCUT2D eigenvalue weighted by Crippen LogP contribution is -2.48. The minimum Gasteiger partial charge on any atom is -0.497 e. The Bertz CT molecular complexity index is 510. The van der Waals surface area contributed by atoms with E-state index < -0.39 is 6.04 Å². The molecule has 1 unspecified atom stereocenters. The third kappa shape index (κ3) is 3.97. The Morgan fingerprint density at radius 2 is 1.95 bits per heavy atom. The van der Waals surface area contributed by atoms with Gasteiger partial charge < -0.3 is 15.0 Å². The highest BCUT2D eigenvalue weighted by molar-refractivity contribution is 5.97. The standard InChI is InChI=1S/C16H22N2O3/c1-12(16(20)18-9-4-3-5-10-18)17-15(19)13-7-6-8-14(11-13)21-2/h6-8,11-12H,3-5,9-10H2,1-2H3,(H,17,19). The van der Waals surface area contributed by atoms with Crippen LogP contribution in [0.3, 0.4) is 0 Å². The van der Waals surface area contributed by atoms with E-state index in [0.717, 1.165) is 25.9 Å². The zero-order valence-corrected chi connectivity index (χ0v) is 12.6. The normalized spacial score (nSPS) is 16.2. The van der Waals surface area contributed by atoms with Crippen molar-refractivity contribution in [3.05, 3.63) is 29.8 Å². The van der Waals surface area contributed by atoms with Crippen LogP contribution in [0.4, 0.5) is 0 Å². The number of benzene rings is 1. The average molecular weight is 290 g/mol. The Balaban J connectivity index is 1.96. The molecule has 0 spiro atoms. The largest absolute Gasteiger partial charge is 0.497 e. The number of rotatable bonds is 4. The van der Waals surface area contributed by atoms with E-state index in [1.54, 1.807) is 38.3 Å². The smallest absolute Gasteiger partial charge is 0.252 e.